The van der Waals surface area contributed by atoms with Crippen molar-refractivity contribution in [2.45, 2.75) is 38.1 Å². The summed E-state index contributed by atoms with van der Waals surface area (Å²) in [5.41, 5.74) is 0.00519. The zero-order chi connectivity index (χ0) is 25.2. The molecular weight excluding hydrogens is 453 g/mol. The summed E-state index contributed by atoms with van der Waals surface area (Å²) >= 11 is 0. The SMILES string of the molecule is BC(=O)CN1CCN(C(=O)CCNC(=O)OC[C@@H]2[C@@H]3CCC#CCC[C@@H]32)CC1COC(=O)COC. The second-order valence-electron chi connectivity index (χ2n) is 9.48. The van der Waals surface area contributed by atoms with E-state index in [1.54, 1.807) is 4.90 Å². The summed E-state index contributed by atoms with van der Waals surface area (Å²) < 4.78 is 15.4. The molecule has 1 saturated carbocycles. The molecule has 4 atom stereocenters. The Morgan fingerprint density at radius 2 is 1.74 bits per heavy atom. The van der Waals surface area contributed by atoms with E-state index in [9.17, 15) is 19.2 Å². The molecule has 2 amide bonds. The molecule has 11 heteroatoms. The number of amides is 2. The van der Waals surface area contributed by atoms with E-state index < -0.39 is 12.1 Å². The first-order valence-corrected chi connectivity index (χ1v) is 12.4. The average Bonchev–Trinajstić information content (AvgIpc) is 3.45. The quantitative estimate of drug-likeness (QED) is 0.233. The lowest BCUT2D eigenvalue weighted by Crippen LogP contribution is -2.57. The highest BCUT2D eigenvalue weighted by Gasteiger charge is 2.49. The summed E-state index contributed by atoms with van der Waals surface area (Å²) in [6, 6.07) is -0.281. The molecule has 2 aliphatic carbocycles. The minimum Gasteiger partial charge on any atom is -0.462 e. The Balaban J connectivity index is 1.36. The first kappa shape index (κ1) is 27.0. The molecule has 1 N–H and O–H groups in total. The molecule has 0 spiro atoms. The minimum absolute atomic E-state index is 0.00519. The van der Waals surface area contributed by atoms with Gasteiger partial charge in [0.1, 0.15) is 13.2 Å². The lowest BCUT2D eigenvalue weighted by molar-refractivity contribution is -0.151. The molecule has 0 bridgehead atoms. The second-order valence-corrected chi connectivity index (χ2v) is 9.48. The van der Waals surface area contributed by atoms with E-state index in [0.29, 0.717) is 44.0 Å². The Kier molecular flexibility index (Phi) is 10.4. The fourth-order valence-corrected chi connectivity index (χ4v) is 5.06. The third-order valence-corrected chi connectivity index (χ3v) is 6.94. The number of hydrogen-bond donors (Lipinski definition) is 1. The number of esters is 1. The standard InChI is InChI=1S/C24H36BN3O7/c1-33-16-23(31)34-14-17-12-28(11-10-27(17)13-21(25)29)22(30)8-9-26-24(32)35-15-20-18-6-4-2-3-5-7-19(18)20/h17-20H,4-16,25H2,1H3,(H,26,32)/t17?,18-,19+,20-. The van der Waals surface area contributed by atoms with Crippen molar-refractivity contribution in [1.82, 2.24) is 15.1 Å². The van der Waals surface area contributed by atoms with Crippen LogP contribution in [0, 0.1) is 29.6 Å². The smallest absolute Gasteiger partial charge is 0.407 e. The largest absolute Gasteiger partial charge is 0.462 e. The van der Waals surface area contributed by atoms with E-state index in [1.165, 1.54) is 15.0 Å². The Morgan fingerprint density at radius 1 is 1.03 bits per heavy atom. The van der Waals surface area contributed by atoms with Gasteiger partial charge in [0.2, 0.25) is 5.91 Å². The van der Waals surface area contributed by atoms with Crippen LogP contribution in [0.1, 0.15) is 32.1 Å². The number of alkyl carbamates (subject to hydrolysis) is 1. The summed E-state index contributed by atoms with van der Waals surface area (Å²) in [7, 11) is 2.91. The molecule has 3 aliphatic rings. The maximum atomic E-state index is 12.7. The number of hydrogen-bond acceptors (Lipinski definition) is 8. The van der Waals surface area contributed by atoms with Gasteiger partial charge in [0.05, 0.1) is 18.3 Å². The molecule has 10 nitrogen and oxygen atoms in total. The molecule has 0 aromatic heterocycles. The van der Waals surface area contributed by atoms with Gasteiger partial charge in [-0.05, 0) is 30.6 Å². The van der Waals surface area contributed by atoms with Crippen LogP contribution in [0.15, 0.2) is 0 Å². The fraction of sp³-hybridized carbons (Fsp3) is 0.750. The Hall–Kier alpha value is -2.58. The molecular formula is C24H36BN3O7. The van der Waals surface area contributed by atoms with Gasteiger partial charge in [-0.15, -0.1) is 11.8 Å². The number of fused-ring (bicyclic) bond motifs is 1. The summed E-state index contributed by atoms with van der Waals surface area (Å²) in [6.07, 6.45) is 3.64. The van der Waals surface area contributed by atoms with Gasteiger partial charge >= 0.3 is 12.1 Å². The van der Waals surface area contributed by atoms with Crippen LogP contribution in [0.3, 0.4) is 0 Å². The third kappa shape index (κ3) is 8.55. The molecule has 1 aliphatic heterocycles. The lowest BCUT2D eigenvalue weighted by atomic mass is 10.0. The first-order valence-electron chi connectivity index (χ1n) is 12.4. The molecule has 2 fully saturated rings. The normalized spacial score (nSPS) is 25.7. The van der Waals surface area contributed by atoms with Gasteiger partial charge in [-0.25, -0.2) is 9.59 Å². The van der Waals surface area contributed by atoms with Crippen LogP contribution >= 0.6 is 0 Å². The van der Waals surface area contributed by atoms with E-state index in [2.05, 4.69) is 17.2 Å². The van der Waals surface area contributed by atoms with E-state index in [1.807, 2.05) is 4.90 Å². The Morgan fingerprint density at radius 3 is 2.40 bits per heavy atom. The van der Waals surface area contributed by atoms with Crippen molar-refractivity contribution in [3.63, 3.8) is 0 Å². The molecule has 0 aromatic rings. The van der Waals surface area contributed by atoms with Crippen LogP contribution < -0.4 is 5.32 Å². The number of carbonyl (C=O) groups is 4. The van der Waals surface area contributed by atoms with Crippen LogP contribution in [-0.2, 0) is 28.6 Å². The molecule has 1 unspecified atom stereocenters. The van der Waals surface area contributed by atoms with Gasteiger partial charge in [0.15, 0.2) is 7.85 Å². The van der Waals surface area contributed by atoms with Gasteiger partial charge in [0, 0.05) is 59.1 Å². The van der Waals surface area contributed by atoms with Crippen molar-refractivity contribution in [3.8, 4) is 11.8 Å². The maximum absolute atomic E-state index is 12.7. The number of carbonyl (C=O) groups excluding carboxylic acids is 4. The van der Waals surface area contributed by atoms with Crippen LogP contribution in [0.4, 0.5) is 4.79 Å². The van der Waals surface area contributed by atoms with Crippen molar-refractivity contribution in [3.05, 3.63) is 0 Å². The van der Waals surface area contributed by atoms with E-state index >= 15 is 0 Å². The summed E-state index contributed by atoms with van der Waals surface area (Å²) in [5, 5.41) is 2.67. The zero-order valence-corrected chi connectivity index (χ0v) is 20.8. The Labute approximate surface area is 207 Å². The molecule has 1 saturated heterocycles. The summed E-state index contributed by atoms with van der Waals surface area (Å²) in [4.78, 5) is 51.7. The van der Waals surface area contributed by atoms with Gasteiger partial charge < -0.3 is 29.2 Å². The number of nitrogens with one attached hydrogen (secondary N) is 1. The highest BCUT2D eigenvalue weighted by Crippen LogP contribution is 2.52. The van der Waals surface area contributed by atoms with Gasteiger partial charge in [0.25, 0.3) is 0 Å². The maximum Gasteiger partial charge on any atom is 0.407 e. The van der Waals surface area contributed by atoms with Crippen molar-refractivity contribution >= 4 is 31.5 Å². The lowest BCUT2D eigenvalue weighted by Gasteiger charge is -2.40. The number of nitrogens with zero attached hydrogens (tertiary/aromatic N) is 2. The topological polar surface area (TPSA) is 114 Å². The molecule has 0 radical (unpaired) electrons. The molecule has 35 heavy (non-hydrogen) atoms. The van der Waals surface area contributed by atoms with Crippen molar-refractivity contribution < 1.29 is 33.4 Å². The fourth-order valence-electron chi connectivity index (χ4n) is 5.06. The highest BCUT2D eigenvalue weighted by molar-refractivity contribution is 6.58. The second kappa shape index (κ2) is 13.5. The van der Waals surface area contributed by atoms with Crippen molar-refractivity contribution in [2.24, 2.45) is 17.8 Å². The third-order valence-electron chi connectivity index (χ3n) is 6.94. The average molecular weight is 489 g/mol. The van der Waals surface area contributed by atoms with Crippen molar-refractivity contribution in [2.75, 3.05) is 59.7 Å². The summed E-state index contributed by atoms with van der Waals surface area (Å²) in [6.45, 7) is 2.05. The monoisotopic (exact) mass is 489 g/mol. The van der Waals surface area contributed by atoms with Gasteiger partial charge in [-0.2, -0.15) is 0 Å². The molecule has 192 valence electrons. The van der Waals surface area contributed by atoms with E-state index in [0.717, 1.165) is 25.7 Å². The van der Waals surface area contributed by atoms with E-state index in [-0.39, 0.29) is 50.4 Å². The zero-order valence-electron chi connectivity index (χ0n) is 20.8. The van der Waals surface area contributed by atoms with Crippen LogP contribution in [0.5, 0.6) is 0 Å². The first-order chi connectivity index (χ1) is 16.9. The Bertz CT molecular complexity index is 825. The van der Waals surface area contributed by atoms with E-state index in [4.69, 9.17) is 14.2 Å². The van der Waals surface area contributed by atoms with Crippen LogP contribution in [0.2, 0.25) is 0 Å². The molecule has 0 aromatic carbocycles. The van der Waals surface area contributed by atoms with Crippen molar-refractivity contribution in [1.29, 1.82) is 0 Å². The number of rotatable bonds is 11. The molecule has 3 rings (SSSR count). The highest BCUT2D eigenvalue weighted by atomic mass is 16.6. The van der Waals surface area contributed by atoms with Crippen LogP contribution in [-0.4, -0.2) is 107 Å². The number of piperazine rings is 1. The number of ether oxygens (including phenoxy) is 3. The van der Waals surface area contributed by atoms with Gasteiger partial charge in [-0.3, -0.25) is 9.69 Å². The van der Waals surface area contributed by atoms with Crippen LogP contribution in [0.25, 0.3) is 0 Å². The number of methoxy groups -OCH3 is 1. The predicted molar refractivity (Wildman–Crippen MR) is 129 cm³/mol. The molecule has 1 heterocycles. The summed E-state index contributed by atoms with van der Waals surface area (Å²) in [5.74, 6) is 7.39. The predicted octanol–water partition coefficient (Wildman–Crippen LogP) is -0.596. The minimum atomic E-state index is -0.498. The van der Waals surface area contributed by atoms with Gasteiger partial charge in [-0.1, -0.05) is 0 Å².